The molecule has 2 rings (SSSR count). The number of anilines is 1. The minimum absolute atomic E-state index is 0.0902. The summed E-state index contributed by atoms with van der Waals surface area (Å²) in [6.45, 7) is 6.34. The second-order valence-electron chi connectivity index (χ2n) is 6.19. The highest BCUT2D eigenvalue weighted by molar-refractivity contribution is 5.99. The van der Waals surface area contributed by atoms with Gasteiger partial charge in [0.1, 0.15) is 0 Å². The third kappa shape index (κ3) is 3.30. The van der Waals surface area contributed by atoms with Crippen LogP contribution in [-0.2, 0) is 0 Å². The number of carbonyl (C=O) groups is 1. The van der Waals surface area contributed by atoms with Gasteiger partial charge in [0.15, 0.2) is 0 Å². The van der Waals surface area contributed by atoms with Gasteiger partial charge in [-0.25, -0.2) is 0 Å². The molecule has 0 saturated heterocycles. The summed E-state index contributed by atoms with van der Waals surface area (Å²) >= 11 is 0. The van der Waals surface area contributed by atoms with E-state index in [0.717, 1.165) is 12.1 Å². The molecule has 0 spiro atoms. The Bertz CT molecular complexity index is 485. The van der Waals surface area contributed by atoms with Crippen LogP contribution in [0, 0.1) is 18.8 Å². The lowest BCUT2D eigenvalue weighted by Crippen LogP contribution is -2.44. The second-order valence-corrected chi connectivity index (χ2v) is 6.19. The molecule has 1 aliphatic carbocycles. The van der Waals surface area contributed by atoms with Crippen molar-refractivity contribution in [1.82, 2.24) is 10.3 Å². The van der Waals surface area contributed by atoms with Gasteiger partial charge in [-0.05, 0) is 37.7 Å². The van der Waals surface area contributed by atoms with E-state index in [1.807, 2.05) is 6.92 Å². The fourth-order valence-electron chi connectivity index (χ4n) is 3.15. The van der Waals surface area contributed by atoms with Crippen LogP contribution in [0.15, 0.2) is 12.3 Å². The summed E-state index contributed by atoms with van der Waals surface area (Å²) in [6, 6.07) is 2.01. The van der Waals surface area contributed by atoms with E-state index < -0.39 is 0 Å². The first kappa shape index (κ1) is 14.8. The molecule has 4 nitrogen and oxygen atoms in total. The Morgan fingerprint density at radius 3 is 2.75 bits per heavy atom. The van der Waals surface area contributed by atoms with Crippen LogP contribution < -0.4 is 11.1 Å². The Hall–Kier alpha value is -1.58. The van der Waals surface area contributed by atoms with Gasteiger partial charge in [-0.3, -0.25) is 9.78 Å². The molecule has 3 N–H and O–H groups in total. The smallest absolute Gasteiger partial charge is 0.255 e. The van der Waals surface area contributed by atoms with Crippen LogP contribution in [0.4, 0.5) is 5.69 Å². The van der Waals surface area contributed by atoms with Gasteiger partial charge < -0.3 is 11.1 Å². The predicted octanol–water partition coefficient (Wildman–Crippen LogP) is 2.92. The minimum atomic E-state index is -0.0902. The second kappa shape index (κ2) is 6.25. The molecule has 1 amide bonds. The maximum absolute atomic E-state index is 12.4. The van der Waals surface area contributed by atoms with Crippen molar-refractivity contribution in [2.45, 2.75) is 52.5 Å². The lowest BCUT2D eigenvalue weighted by molar-refractivity contribution is 0.0889. The SMILES string of the molecule is Cc1cc(N)c(C(=O)NC2CCCCC2C(C)C)cn1. The van der Waals surface area contributed by atoms with Crippen LogP contribution in [0.5, 0.6) is 0 Å². The van der Waals surface area contributed by atoms with Crippen molar-refractivity contribution in [2.24, 2.45) is 11.8 Å². The first-order valence-electron chi connectivity index (χ1n) is 7.52. The van der Waals surface area contributed by atoms with Crippen molar-refractivity contribution in [3.63, 3.8) is 0 Å². The lowest BCUT2D eigenvalue weighted by Gasteiger charge is -2.35. The largest absolute Gasteiger partial charge is 0.398 e. The molecule has 1 aliphatic rings. The molecule has 0 bridgehead atoms. The summed E-state index contributed by atoms with van der Waals surface area (Å²) in [5.74, 6) is 1.06. The van der Waals surface area contributed by atoms with Gasteiger partial charge in [-0.15, -0.1) is 0 Å². The molecule has 110 valence electrons. The summed E-state index contributed by atoms with van der Waals surface area (Å²) in [6.07, 6.45) is 6.30. The molecule has 1 aromatic heterocycles. The van der Waals surface area contributed by atoms with E-state index in [4.69, 9.17) is 5.73 Å². The molecule has 1 saturated carbocycles. The number of rotatable bonds is 3. The van der Waals surface area contributed by atoms with Gasteiger partial charge in [-0.1, -0.05) is 26.7 Å². The van der Waals surface area contributed by atoms with Gasteiger partial charge in [0.05, 0.1) is 5.56 Å². The van der Waals surface area contributed by atoms with Gasteiger partial charge in [0.2, 0.25) is 0 Å². The average Bonchev–Trinajstić information content (AvgIpc) is 2.38. The monoisotopic (exact) mass is 275 g/mol. The molecule has 1 aromatic rings. The Kier molecular flexibility index (Phi) is 4.63. The zero-order valence-electron chi connectivity index (χ0n) is 12.6. The van der Waals surface area contributed by atoms with Crippen molar-refractivity contribution in [3.8, 4) is 0 Å². The highest BCUT2D eigenvalue weighted by Crippen LogP contribution is 2.30. The summed E-state index contributed by atoms with van der Waals surface area (Å²) in [5, 5.41) is 3.17. The zero-order valence-corrected chi connectivity index (χ0v) is 12.6. The Morgan fingerprint density at radius 1 is 1.40 bits per heavy atom. The molecule has 2 atom stereocenters. The number of amides is 1. The number of aromatic nitrogens is 1. The van der Waals surface area contributed by atoms with Crippen molar-refractivity contribution in [3.05, 3.63) is 23.5 Å². The third-order valence-corrected chi connectivity index (χ3v) is 4.31. The topological polar surface area (TPSA) is 68.0 Å². The van der Waals surface area contributed by atoms with Crippen LogP contribution >= 0.6 is 0 Å². The predicted molar refractivity (Wildman–Crippen MR) is 81.4 cm³/mol. The molecule has 1 heterocycles. The molecule has 0 radical (unpaired) electrons. The summed E-state index contributed by atoms with van der Waals surface area (Å²) < 4.78 is 0. The van der Waals surface area contributed by atoms with Crippen molar-refractivity contribution < 1.29 is 4.79 Å². The maximum Gasteiger partial charge on any atom is 0.255 e. The fraction of sp³-hybridized carbons (Fsp3) is 0.625. The number of hydrogen-bond donors (Lipinski definition) is 2. The number of hydrogen-bond acceptors (Lipinski definition) is 3. The van der Waals surface area contributed by atoms with Gasteiger partial charge >= 0.3 is 0 Å². The number of nitrogens with one attached hydrogen (secondary N) is 1. The molecule has 20 heavy (non-hydrogen) atoms. The van der Waals surface area contributed by atoms with E-state index in [1.165, 1.54) is 19.3 Å². The quantitative estimate of drug-likeness (QED) is 0.891. The highest BCUT2D eigenvalue weighted by atomic mass is 16.1. The van der Waals surface area contributed by atoms with E-state index in [2.05, 4.69) is 24.1 Å². The van der Waals surface area contributed by atoms with Crippen molar-refractivity contribution in [1.29, 1.82) is 0 Å². The Balaban J connectivity index is 2.09. The van der Waals surface area contributed by atoms with Crippen LogP contribution in [-0.4, -0.2) is 16.9 Å². The number of nitrogens with two attached hydrogens (primary N) is 1. The Morgan fingerprint density at radius 2 is 2.10 bits per heavy atom. The minimum Gasteiger partial charge on any atom is -0.398 e. The van der Waals surface area contributed by atoms with E-state index >= 15 is 0 Å². The Labute approximate surface area is 121 Å². The molecule has 1 fully saturated rings. The number of aryl methyl sites for hydroxylation is 1. The number of carbonyl (C=O) groups excluding carboxylic acids is 1. The standard InChI is InChI=1S/C16H25N3O/c1-10(2)12-6-4-5-7-15(12)19-16(20)13-9-18-11(3)8-14(13)17/h8-10,12,15H,4-7H2,1-3H3,(H2,17,18)(H,19,20). The van der Waals surface area contributed by atoms with Crippen LogP contribution in [0.3, 0.4) is 0 Å². The normalized spacial score (nSPS) is 22.8. The molecular weight excluding hydrogens is 250 g/mol. The summed E-state index contributed by atoms with van der Waals surface area (Å²) in [7, 11) is 0. The van der Waals surface area contributed by atoms with E-state index in [0.29, 0.717) is 23.1 Å². The first-order chi connectivity index (χ1) is 9.49. The van der Waals surface area contributed by atoms with Crippen LogP contribution in [0.1, 0.15) is 55.6 Å². The van der Waals surface area contributed by atoms with Crippen molar-refractivity contribution in [2.75, 3.05) is 5.73 Å². The zero-order chi connectivity index (χ0) is 14.7. The maximum atomic E-state index is 12.4. The number of nitrogens with zero attached hydrogens (tertiary/aromatic N) is 1. The first-order valence-corrected chi connectivity index (χ1v) is 7.52. The highest BCUT2D eigenvalue weighted by Gasteiger charge is 2.29. The molecule has 2 unspecified atom stereocenters. The van der Waals surface area contributed by atoms with Crippen LogP contribution in [0.2, 0.25) is 0 Å². The van der Waals surface area contributed by atoms with Gasteiger partial charge in [0, 0.05) is 23.6 Å². The number of pyridine rings is 1. The van der Waals surface area contributed by atoms with E-state index in [-0.39, 0.29) is 11.9 Å². The van der Waals surface area contributed by atoms with E-state index in [9.17, 15) is 4.79 Å². The lowest BCUT2D eigenvalue weighted by atomic mass is 9.78. The average molecular weight is 275 g/mol. The van der Waals surface area contributed by atoms with Gasteiger partial charge in [-0.2, -0.15) is 0 Å². The molecule has 4 heteroatoms. The molecule has 0 aliphatic heterocycles. The summed E-state index contributed by atoms with van der Waals surface area (Å²) in [5.41, 5.74) is 7.75. The molecule has 0 aromatic carbocycles. The fourth-order valence-corrected chi connectivity index (χ4v) is 3.15. The number of nitrogen functional groups attached to an aromatic ring is 1. The van der Waals surface area contributed by atoms with E-state index in [1.54, 1.807) is 12.3 Å². The molecular formula is C16H25N3O. The van der Waals surface area contributed by atoms with Crippen LogP contribution in [0.25, 0.3) is 0 Å². The third-order valence-electron chi connectivity index (χ3n) is 4.31. The van der Waals surface area contributed by atoms with Crippen molar-refractivity contribution >= 4 is 11.6 Å². The summed E-state index contributed by atoms with van der Waals surface area (Å²) in [4.78, 5) is 16.5. The van der Waals surface area contributed by atoms with Gasteiger partial charge in [0.25, 0.3) is 5.91 Å².